The molecule has 1 aliphatic rings. The van der Waals surface area contributed by atoms with Gasteiger partial charge in [0.25, 0.3) is 0 Å². The summed E-state index contributed by atoms with van der Waals surface area (Å²) in [6.45, 7) is 3.99. The van der Waals surface area contributed by atoms with Gasteiger partial charge < -0.3 is 9.84 Å². The van der Waals surface area contributed by atoms with Crippen molar-refractivity contribution in [3.8, 4) is 0 Å². The SMILES string of the molecule is CCOC(=O)[C@@H]1CN(Cc2ccccc2)C[C@H]1O. The molecular weight excluding hydrogens is 230 g/mol. The number of hydrogen-bond donors (Lipinski definition) is 1. The number of ether oxygens (including phenoxy) is 1. The second kappa shape index (κ2) is 5.98. The second-order valence-corrected chi connectivity index (χ2v) is 4.61. The number of esters is 1. The summed E-state index contributed by atoms with van der Waals surface area (Å²) >= 11 is 0. The zero-order chi connectivity index (χ0) is 13.0. The highest BCUT2D eigenvalue weighted by Crippen LogP contribution is 2.20. The normalized spacial score (nSPS) is 24.1. The number of hydrogen-bond acceptors (Lipinski definition) is 4. The molecule has 0 aliphatic carbocycles. The average Bonchev–Trinajstić information content (AvgIpc) is 2.72. The molecule has 2 rings (SSSR count). The Kier molecular flexibility index (Phi) is 4.33. The van der Waals surface area contributed by atoms with Crippen LogP contribution in [0, 0.1) is 5.92 Å². The average molecular weight is 249 g/mol. The van der Waals surface area contributed by atoms with E-state index in [0.717, 1.165) is 6.54 Å². The van der Waals surface area contributed by atoms with Gasteiger partial charge in [-0.2, -0.15) is 0 Å². The van der Waals surface area contributed by atoms with Crippen LogP contribution in [0.4, 0.5) is 0 Å². The largest absolute Gasteiger partial charge is 0.466 e. The van der Waals surface area contributed by atoms with E-state index in [1.54, 1.807) is 6.92 Å². The van der Waals surface area contributed by atoms with E-state index in [-0.39, 0.29) is 5.97 Å². The third-order valence-corrected chi connectivity index (χ3v) is 3.20. The molecule has 2 atom stereocenters. The van der Waals surface area contributed by atoms with Crippen LogP contribution in [0.5, 0.6) is 0 Å². The van der Waals surface area contributed by atoms with Gasteiger partial charge in [0.1, 0.15) is 0 Å². The van der Waals surface area contributed by atoms with E-state index in [4.69, 9.17) is 4.74 Å². The molecule has 1 aromatic carbocycles. The van der Waals surface area contributed by atoms with Crippen molar-refractivity contribution in [3.05, 3.63) is 35.9 Å². The molecule has 98 valence electrons. The number of rotatable bonds is 4. The minimum absolute atomic E-state index is 0.291. The van der Waals surface area contributed by atoms with Crippen molar-refractivity contribution < 1.29 is 14.6 Å². The van der Waals surface area contributed by atoms with Gasteiger partial charge in [0.2, 0.25) is 0 Å². The number of nitrogens with zero attached hydrogens (tertiary/aromatic N) is 1. The lowest BCUT2D eigenvalue weighted by Crippen LogP contribution is -2.28. The summed E-state index contributed by atoms with van der Waals surface area (Å²) in [4.78, 5) is 13.7. The predicted molar refractivity (Wildman–Crippen MR) is 67.8 cm³/mol. The van der Waals surface area contributed by atoms with Gasteiger partial charge in [-0.1, -0.05) is 30.3 Å². The van der Waals surface area contributed by atoms with Crippen molar-refractivity contribution in [1.82, 2.24) is 4.90 Å². The summed E-state index contributed by atoms with van der Waals surface area (Å²) in [5.41, 5.74) is 1.19. The van der Waals surface area contributed by atoms with Crippen LogP contribution >= 0.6 is 0 Å². The highest BCUT2D eigenvalue weighted by Gasteiger charge is 2.37. The predicted octanol–water partition coefficient (Wildman–Crippen LogP) is 1.04. The Morgan fingerprint density at radius 3 is 2.78 bits per heavy atom. The van der Waals surface area contributed by atoms with Crippen LogP contribution < -0.4 is 0 Å². The highest BCUT2D eigenvalue weighted by molar-refractivity contribution is 5.73. The summed E-state index contributed by atoms with van der Waals surface area (Å²) < 4.78 is 4.97. The molecule has 1 N–H and O–H groups in total. The Morgan fingerprint density at radius 2 is 2.11 bits per heavy atom. The Balaban J connectivity index is 1.92. The van der Waals surface area contributed by atoms with Crippen LogP contribution in [0.15, 0.2) is 30.3 Å². The van der Waals surface area contributed by atoms with Gasteiger partial charge >= 0.3 is 5.97 Å². The smallest absolute Gasteiger partial charge is 0.312 e. The summed E-state index contributed by atoms with van der Waals surface area (Å²) in [6.07, 6.45) is -0.618. The van der Waals surface area contributed by atoms with Crippen molar-refractivity contribution in [2.75, 3.05) is 19.7 Å². The molecule has 0 unspecified atom stereocenters. The van der Waals surface area contributed by atoms with Crippen molar-refractivity contribution in [3.63, 3.8) is 0 Å². The topological polar surface area (TPSA) is 49.8 Å². The number of likely N-dealkylation sites (tertiary alicyclic amines) is 1. The van der Waals surface area contributed by atoms with Gasteiger partial charge in [-0.05, 0) is 12.5 Å². The van der Waals surface area contributed by atoms with E-state index in [0.29, 0.717) is 19.7 Å². The summed E-state index contributed by atoms with van der Waals surface area (Å²) in [5, 5.41) is 9.89. The van der Waals surface area contributed by atoms with E-state index in [1.807, 2.05) is 30.3 Å². The molecule has 0 spiro atoms. The zero-order valence-corrected chi connectivity index (χ0v) is 10.6. The maximum atomic E-state index is 11.6. The molecule has 0 saturated carbocycles. The molecule has 0 aromatic heterocycles. The van der Waals surface area contributed by atoms with Crippen LogP contribution in [0.2, 0.25) is 0 Å². The fourth-order valence-electron chi connectivity index (χ4n) is 2.32. The molecule has 0 radical (unpaired) electrons. The lowest BCUT2D eigenvalue weighted by molar-refractivity contribution is -0.150. The first kappa shape index (κ1) is 13.1. The van der Waals surface area contributed by atoms with E-state index < -0.39 is 12.0 Å². The number of carbonyl (C=O) groups is 1. The highest BCUT2D eigenvalue weighted by atomic mass is 16.5. The Labute approximate surface area is 107 Å². The van der Waals surface area contributed by atoms with E-state index in [9.17, 15) is 9.90 Å². The molecule has 4 nitrogen and oxygen atoms in total. The lowest BCUT2D eigenvalue weighted by Gasteiger charge is -2.15. The first-order chi connectivity index (χ1) is 8.70. The van der Waals surface area contributed by atoms with Crippen LogP contribution in [-0.4, -0.2) is 41.8 Å². The molecule has 4 heteroatoms. The monoisotopic (exact) mass is 249 g/mol. The lowest BCUT2D eigenvalue weighted by atomic mass is 10.1. The third kappa shape index (κ3) is 3.09. The molecule has 1 heterocycles. The molecule has 1 aromatic rings. The summed E-state index contributed by atoms with van der Waals surface area (Å²) in [7, 11) is 0. The van der Waals surface area contributed by atoms with Crippen LogP contribution in [0.25, 0.3) is 0 Å². The van der Waals surface area contributed by atoms with Crippen LogP contribution in [-0.2, 0) is 16.1 Å². The quantitative estimate of drug-likeness (QED) is 0.810. The molecule has 1 aliphatic heterocycles. The fraction of sp³-hybridized carbons (Fsp3) is 0.500. The third-order valence-electron chi connectivity index (χ3n) is 3.20. The van der Waals surface area contributed by atoms with Crippen molar-refractivity contribution >= 4 is 5.97 Å². The summed E-state index contributed by atoms with van der Waals surface area (Å²) in [6, 6.07) is 10.0. The minimum atomic E-state index is -0.618. The first-order valence-electron chi connectivity index (χ1n) is 6.31. The van der Waals surface area contributed by atoms with Crippen LogP contribution in [0.3, 0.4) is 0 Å². The number of aliphatic hydroxyl groups is 1. The standard InChI is InChI=1S/C14H19NO3/c1-2-18-14(17)12-9-15(10-13(12)16)8-11-6-4-3-5-7-11/h3-7,12-13,16H,2,8-10H2,1H3/t12-,13-/m1/s1. The number of aliphatic hydroxyl groups excluding tert-OH is 1. The maximum absolute atomic E-state index is 11.6. The van der Waals surface area contributed by atoms with Crippen molar-refractivity contribution in [1.29, 1.82) is 0 Å². The molecular formula is C14H19NO3. The fourth-order valence-corrected chi connectivity index (χ4v) is 2.32. The van der Waals surface area contributed by atoms with E-state index in [2.05, 4.69) is 4.90 Å². The van der Waals surface area contributed by atoms with Gasteiger partial charge in [-0.15, -0.1) is 0 Å². The van der Waals surface area contributed by atoms with Gasteiger partial charge in [0, 0.05) is 19.6 Å². The van der Waals surface area contributed by atoms with Gasteiger partial charge in [0.05, 0.1) is 18.6 Å². The molecule has 1 fully saturated rings. The summed E-state index contributed by atoms with van der Waals surface area (Å²) in [5.74, 6) is -0.700. The molecule has 0 bridgehead atoms. The maximum Gasteiger partial charge on any atom is 0.312 e. The molecule has 18 heavy (non-hydrogen) atoms. The van der Waals surface area contributed by atoms with Crippen LogP contribution in [0.1, 0.15) is 12.5 Å². The number of β-amino-alcohol motifs (C(OH)–C–C–N with tert-alkyl or cyclic N) is 1. The Morgan fingerprint density at radius 1 is 1.39 bits per heavy atom. The van der Waals surface area contributed by atoms with E-state index >= 15 is 0 Å². The van der Waals surface area contributed by atoms with E-state index in [1.165, 1.54) is 5.56 Å². The van der Waals surface area contributed by atoms with Gasteiger partial charge in [0.15, 0.2) is 0 Å². The molecule has 1 saturated heterocycles. The Bertz CT molecular complexity index is 393. The minimum Gasteiger partial charge on any atom is -0.466 e. The van der Waals surface area contributed by atoms with Gasteiger partial charge in [-0.25, -0.2) is 0 Å². The second-order valence-electron chi connectivity index (χ2n) is 4.61. The Hall–Kier alpha value is -1.39. The molecule has 0 amide bonds. The number of carbonyl (C=O) groups excluding carboxylic acids is 1. The van der Waals surface area contributed by atoms with Gasteiger partial charge in [-0.3, -0.25) is 9.69 Å². The first-order valence-corrected chi connectivity index (χ1v) is 6.31. The zero-order valence-electron chi connectivity index (χ0n) is 10.6. The van der Waals surface area contributed by atoms with Crippen molar-refractivity contribution in [2.45, 2.75) is 19.6 Å². The number of benzene rings is 1. The van der Waals surface area contributed by atoms with Crippen molar-refractivity contribution in [2.24, 2.45) is 5.92 Å².